The molecular weight excluding hydrogens is 227 g/mol. The molecular formula is C15H17FN2. The average Bonchev–Trinajstić information content (AvgIpc) is 2.40. The summed E-state index contributed by atoms with van der Waals surface area (Å²) in [6, 6.07) is 8.93. The Morgan fingerprint density at radius 1 is 1.22 bits per heavy atom. The molecule has 1 aromatic carbocycles. The minimum atomic E-state index is -0.183. The molecule has 0 amide bonds. The Hall–Kier alpha value is -1.74. The van der Waals surface area contributed by atoms with Crippen LogP contribution in [0.4, 0.5) is 4.39 Å². The lowest BCUT2D eigenvalue weighted by atomic mass is 10.0. The zero-order valence-corrected chi connectivity index (χ0v) is 10.5. The Balaban J connectivity index is 2.21. The molecule has 0 saturated carbocycles. The highest BCUT2D eigenvalue weighted by Gasteiger charge is 2.05. The van der Waals surface area contributed by atoms with Crippen molar-refractivity contribution >= 4 is 0 Å². The summed E-state index contributed by atoms with van der Waals surface area (Å²) in [4.78, 5) is 4.10. The van der Waals surface area contributed by atoms with Crippen molar-refractivity contribution in [2.45, 2.75) is 19.9 Å². The van der Waals surface area contributed by atoms with Crippen molar-refractivity contribution in [2.75, 3.05) is 6.54 Å². The van der Waals surface area contributed by atoms with Gasteiger partial charge in [0.1, 0.15) is 5.82 Å². The number of halogens is 1. The molecule has 0 aliphatic rings. The second kappa shape index (κ2) is 6.26. The number of nitrogens with one attached hydrogen (secondary N) is 1. The van der Waals surface area contributed by atoms with Crippen LogP contribution in [0.15, 0.2) is 42.7 Å². The van der Waals surface area contributed by atoms with E-state index >= 15 is 0 Å². The SMILES string of the molecule is CCNCc1cc(F)ccc1Cc1cccnc1. The van der Waals surface area contributed by atoms with Crippen LogP contribution >= 0.6 is 0 Å². The Labute approximate surface area is 107 Å². The first-order chi connectivity index (χ1) is 8.79. The molecule has 94 valence electrons. The van der Waals surface area contributed by atoms with Gasteiger partial charge in [0.15, 0.2) is 0 Å². The summed E-state index contributed by atoms with van der Waals surface area (Å²) in [6.07, 6.45) is 4.39. The fraction of sp³-hybridized carbons (Fsp3) is 0.267. The summed E-state index contributed by atoms with van der Waals surface area (Å²) < 4.78 is 13.3. The quantitative estimate of drug-likeness (QED) is 0.874. The second-order valence-corrected chi connectivity index (χ2v) is 4.23. The molecule has 18 heavy (non-hydrogen) atoms. The molecule has 2 rings (SSSR count). The van der Waals surface area contributed by atoms with Crippen LogP contribution in [0.5, 0.6) is 0 Å². The van der Waals surface area contributed by atoms with E-state index in [0.29, 0.717) is 6.54 Å². The van der Waals surface area contributed by atoms with Gasteiger partial charge in [-0.25, -0.2) is 4.39 Å². The van der Waals surface area contributed by atoms with E-state index in [1.165, 1.54) is 6.07 Å². The van der Waals surface area contributed by atoms with E-state index < -0.39 is 0 Å². The zero-order chi connectivity index (χ0) is 12.8. The van der Waals surface area contributed by atoms with Gasteiger partial charge in [-0.1, -0.05) is 19.1 Å². The molecule has 0 bridgehead atoms. The predicted octanol–water partition coefficient (Wildman–Crippen LogP) is 2.92. The number of aromatic nitrogens is 1. The molecule has 0 aliphatic heterocycles. The molecule has 0 fully saturated rings. The van der Waals surface area contributed by atoms with Gasteiger partial charge in [-0.05, 0) is 47.9 Å². The number of hydrogen-bond donors (Lipinski definition) is 1. The van der Waals surface area contributed by atoms with Gasteiger partial charge in [0.25, 0.3) is 0 Å². The van der Waals surface area contributed by atoms with E-state index in [2.05, 4.69) is 10.3 Å². The van der Waals surface area contributed by atoms with Crippen LogP contribution in [-0.4, -0.2) is 11.5 Å². The first kappa shape index (κ1) is 12.7. The van der Waals surface area contributed by atoms with Gasteiger partial charge in [-0.3, -0.25) is 4.98 Å². The minimum absolute atomic E-state index is 0.183. The molecule has 0 saturated heterocycles. The lowest BCUT2D eigenvalue weighted by Gasteiger charge is -2.10. The summed E-state index contributed by atoms with van der Waals surface area (Å²) >= 11 is 0. The van der Waals surface area contributed by atoms with E-state index in [-0.39, 0.29) is 5.82 Å². The van der Waals surface area contributed by atoms with Crippen LogP contribution in [0.3, 0.4) is 0 Å². The average molecular weight is 244 g/mol. The maximum Gasteiger partial charge on any atom is 0.123 e. The van der Waals surface area contributed by atoms with Crippen molar-refractivity contribution in [3.63, 3.8) is 0 Å². The smallest absolute Gasteiger partial charge is 0.123 e. The Morgan fingerprint density at radius 2 is 2.11 bits per heavy atom. The monoisotopic (exact) mass is 244 g/mol. The van der Waals surface area contributed by atoms with Crippen LogP contribution in [0.1, 0.15) is 23.6 Å². The van der Waals surface area contributed by atoms with E-state index in [4.69, 9.17) is 0 Å². The van der Waals surface area contributed by atoms with Crippen molar-refractivity contribution in [1.29, 1.82) is 0 Å². The van der Waals surface area contributed by atoms with Gasteiger partial charge in [0.2, 0.25) is 0 Å². The first-order valence-electron chi connectivity index (χ1n) is 6.16. The Kier molecular flexibility index (Phi) is 4.42. The van der Waals surface area contributed by atoms with Crippen LogP contribution in [0.25, 0.3) is 0 Å². The largest absolute Gasteiger partial charge is 0.313 e. The Bertz CT molecular complexity index is 497. The van der Waals surface area contributed by atoms with Crippen molar-refractivity contribution in [1.82, 2.24) is 10.3 Å². The van der Waals surface area contributed by atoms with Crippen molar-refractivity contribution in [3.8, 4) is 0 Å². The van der Waals surface area contributed by atoms with Gasteiger partial charge in [-0.2, -0.15) is 0 Å². The normalized spacial score (nSPS) is 10.6. The van der Waals surface area contributed by atoms with Crippen LogP contribution in [0.2, 0.25) is 0 Å². The summed E-state index contributed by atoms with van der Waals surface area (Å²) in [6.45, 7) is 3.62. The van der Waals surface area contributed by atoms with Gasteiger partial charge in [0, 0.05) is 18.9 Å². The fourth-order valence-corrected chi connectivity index (χ4v) is 1.91. The third-order valence-corrected chi connectivity index (χ3v) is 2.85. The van der Waals surface area contributed by atoms with Crippen molar-refractivity contribution in [2.24, 2.45) is 0 Å². The summed E-state index contributed by atoms with van der Waals surface area (Å²) in [7, 11) is 0. The molecule has 1 aromatic heterocycles. The molecule has 0 radical (unpaired) electrons. The predicted molar refractivity (Wildman–Crippen MR) is 70.8 cm³/mol. The molecule has 3 heteroatoms. The molecule has 0 unspecified atom stereocenters. The molecule has 0 spiro atoms. The molecule has 0 aliphatic carbocycles. The number of hydrogen-bond acceptors (Lipinski definition) is 2. The molecule has 2 aromatic rings. The molecule has 2 nitrogen and oxygen atoms in total. The first-order valence-corrected chi connectivity index (χ1v) is 6.16. The maximum atomic E-state index is 13.3. The number of benzene rings is 1. The highest BCUT2D eigenvalue weighted by Crippen LogP contribution is 2.15. The highest BCUT2D eigenvalue weighted by molar-refractivity contribution is 5.32. The van der Waals surface area contributed by atoms with Crippen LogP contribution < -0.4 is 5.32 Å². The standard InChI is InChI=1S/C15H17FN2/c1-2-17-11-14-9-15(16)6-5-13(14)8-12-4-3-7-18-10-12/h3-7,9-10,17H,2,8,11H2,1H3. The summed E-state index contributed by atoms with van der Waals surface area (Å²) in [5.41, 5.74) is 3.30. The highest BCUT2D eigenvalue weighted by atomic mass is 19.1. The van der Waals surface area contributed by atoms with Crippen LogP contribution in [0, 0.1) is 5.82 Å². The van der Waals surface area contributed by atoms with E-state index in [1.807, 2.05) is 31.3 Å². The lowest BCUT2D eigenvalue weighted by molar-refractivity contribution is 0.620. The lowest BCUT2D eigenvalue weighted by Crippen LogP contribution is -2.13. The molecule has 0 atom stereocenters. The molecule has 1 N–H and O–H groups in total. The molecule has 1 heterocycles. The van der Waals surface area contributed by atoms with E-state index in [0.717, 1.165) is 29.7 Å². The Morgan fingerprint density at radius 3 is 2.83 bits per heavy atom. The van der Waals surface area contributed by atoms with Crippen molar-refractivity contribution in [3.05, 3.63) is 65.2 Å². The number of pyridine rings is 1. The number of nitrogens with zero attached hydrogens (tertiary/aromatic N) is 1. The third-order valence-electron chi connectivity index (χ3n) is 2.85. The second-order valence-electron chi connectivity index (χ2n) is 4.23. The maximum absolute atomic E-state index is 13.3. The summed E-state index contributed by atoms with van der Waals surface area (Å²) in [5.74, 6) is -0.183. The summed E-state index contributed by atoms with van der Waals surface area (Å²) in [5, 5.41) is 3.24. The number of rotatable bonds is 5. The van der Waals surface area contributed by atoms with E-state index in [9.17, 15) is 4.39 Å². The van der Waals surface area contributed by atoms with Crippen LogP contribution in [-0.2, 0) is 13.0 Å². The van der Waals surface area contributed by atoms with Gasteiger partial charge in [0.05, 0.1) is 0 Å². The van der Waals surface area contributed by atoms with E-state index in [1.54, 1.807) is 12.3 Å². The fourth-order valence-electron chi connectivity index (χ4n) is 1.91. The van der Waals surface area contributed by atoms with Crippen molar-refractivity contribution < 1.29 is 4.39 Å². The van der Waals surface area contributed by atoms with Gasteiger partial charge in [-0.15, -0.1) is 0 Å². The zero-order valence-electron chi connectivity index (χ0n) is 10.5. The van der Waals surface area contributed by atoms with Gasteiger partial charge < -0.3 is 5.32 Å². The topological polar surface area (TPSA) is 24.9 Å². The minimum Gasteiger partial charge on any atom is -0.313 e. The van der Waals surface area contributed by atoms with Gasteiger partial charge >= 0.3 is 0 Å². The third kappa shape index (κ3) is 3.37.